The van der Waals surface area contributed by atoms with Crippen molar-refractivity contribution in [1.29, 1.82) is 0 Å². The van der Waals surface area contributed by atoms with Gasteiger partial charge in [0.2, 0.25) is 5.88 Å². The lowest BCUT2D eigenvalue weighted by Crippen LogP contribution is -2.10. The molecule has 3 nitrogen and oxygen atoms in total. The molecule has 20 heavy (non-hydrogen) atoms. The van der Waals surface area contributed by atoms with Crippen molar-refractivity contribution in [3.05, 3.63) is 34.4 Å². The van der Waals surface area contributed by atoms with Crippen LogP contribution < -0.4 is 5.73 Å². The Balaban J connectivity index is 1.76. The van der Waals surface area contributed by atoms with Crippen molar-refractivity contribution in [2.24, 2.45) is 11.8 Å². The van der Waals surface area contributed by atoms with Gasteiger partial charge >= 0.3 is 0 Å². The average molecular weight is 333 g/mol. The highest BCUT2D eigenvalue weighted by atomic mass is 79.9. The minimum absolute atomic E-state index is 0.449. The standard InChI is InChI=1S/C16H17BrN2O/c17-12-5-3-10(4-6-12)14-15(19-20-16(14)18)13-8-9-1-2-11(13)7-9/h3-6,9,11,13H,1-2,7-8,18H2. The number of benzene rings is 1. The molecule has 4 rings (SSSR count). The van der Waals surface area contributed by atoms with E-state index < -0.39 is 0 Å². The molecule has 0 amide bonds. The fourth-order valence-corrected chi connectivity index (χ4v) is 4.32. The fourth-order valence-electron chi connectivity index (χ4n) is 4.06. The quantitative estimate of drug-likeness (QED) is 0.874. The van der Waals surface area contributed by atoms with Gasteiger partial charge in [0.25, 0.3) is 0 Å². The maximum atomic E-state index is 6.04. The highest BCUT2D eigenvalue weighted by molar-refractivity contribution is 9.10. The smallest absolute Gasteiger partial charge is 0.230 e. The van der Waals surface area contributed by atoms with Crippen LogP contribution in [0.25, 0.3) is 11.1 Å². The summed E-state index contributed by atoms with van der Waals surface area (Å²) < 4.78 is 6.38. The van der Waals surface area contributed by atoms with E-state index in [4.69, 9.17) is 10.3 Å². The largest absolute Gasteiger partial charge is 0.367 e. The summed E-state index contributed by atoms with van der Waals surface area (Å²) in [5.74, 6) is 2.65. The maximum absolute atomic E-state index is 6.04. The van der Waals surface area contributed by atoms with Gasteiger partial charge in [-0.2, -0.15) is 0 Å². The SMILES string of the molecule is Nc1onc(C2CC3CCC2C3)c1-c1ccc(Br)cc1. The van der Waals surface area contributed by atoms with E-state index in [1.165, 1.54) is 25.7 Å². The van der Waals surface area contributed by atoms with Crippen molar-refractivity contribution < 1.29 is 4.52 Å². The highest BCUT2D eigenvalue weighted by Gasteiger charge is 2.42. The number of hydrogen-bond donors (Lipinski definition) is 1. The van der Waals surface area contributed by atoms with E-state index >= 15 is 0 Å². The van der Waals surface area contributed by atoms with Gasteiger partial charge in [-0.25, -0.2) is 0 Å². The van der Waals surface area contributed by atoms with Gasteiger partial charge in [-0.15, -0.1) is 0 Å². The normalized spacial score (nSPS) is 28.1. The molecule has 1 aromatic carbocycles. The number of nitrogens with zero attached hydrogens (tertiary/aromatic N) is 1. The van der Waals surface area contributed by atoms with Crippen LogP contribution in [0.4, 0.5) is 5.88 Å². The van der Waals surface area contributed by atoms with Gasteiger partial charge in [-0.05, 0) is 48.8 Å². The summed E-state index contributed by atoms with van der Waals surface area (Å²) in [6, 6.07) is 8.21. The summed E-state index contributed by atoms with van der Waals surface area (Å²) in [5, 5.41) is 4.30. The van der Waals surface area contributed by atoms with Crippen LogP contribution in [0.3, 0.4) is 0 Å². The molecular formula is C16H17BrN2O. The summed E-state index contributed by atoms with van der Waals surface area (Å²) >= 11 is 3.47. The van der Waals surface area contributed by atoms with Crippen LogP contribution in [0.15, 0.2) is 33.3 Å². The molecule has 0 saturated heterocycles. The lowest BCUT2D eigenvalue weighted by Gasteiger charge is -2.20. The van der Waals surface area contributed by atoms with Crippen molar-refractivity contribution >= 4 is 21.8 Å². The second-order valence-electron chi connectivity index (χ2n) is 6.10. The number of aromatic nitrogens is 1. The fraction of sp³-hybridized carbons (Fsp3) is 0.438. The Morgan fingerprint density at radius 3 is 2.60 bits per heavy atom. The van der Waals surface area contributed by atoms with E-state index in [-0.39, 0.29) is 0 Å². The van der Waals surface area contributed by atoms with Crippen LogP contribution in [0, 0.1) is 11.8 Å². The number of nitrogen functional groups attached to an aromatic ring is 1. The maximum Gasteiger partial charge on any atom is 0.230 e. The zero-order valence-corrected chi connectivity index (χ0v) is 12.8. The van der Waals surface area contributed by atoms with E-state index in [1.54, 1.807) is 0 Å². The zero-order chi connectivity index (χ0) is 13.7. The number of hydrogen-bond acceptors (Lipinski definition) is 3. The van der Waals surface area contributed by atoms with Crippen LogP contribution in [0.5, 0.6) is 0 Å². The molecule has 3 atom stereocenters. The second kappa shape index (κ2) is 4.62. The third kappa shape index (κ3) is 1.89. The van der Waals surface area contributed by atoms with Crippen LogP contribution >= 0.6 is 15.9 Å². The van der Waals surface area contributed by atoms with Gasteiger partial charge in [0.05, 0.1) is 11.3 Å². The van der Waals surface area contributed by atoms with Crippen molar-refractivity contribution in [2.45, 2.75) is 31.6 Å². The predicted octanol–water partition coefficient (Wildman–Crippen LogP) is 4.59. The molecule has 2 fully saturated rings. The molecule has 4 heteroatoms. The van der Waals surface area contributed by atoms with E-state index in [9.17, 15) is 0 Å². The van der Waals surface area contributed by atoms with Crippen LogP contribution in [-0.2, 0) is 0 Å². The Morgan fingerprint density at radius 1 is 1.15 bits per heavy atom. The van der Waals surface area contributed by atoms with E-state index in [1.807, 2.05) is 12.1 Å². The molecule has 3 unspecified atom stereocenters. The Morgan fingerprint density at radius 2 is 1.95 bits per heavy atom. The topological polar surface area (TPSA) is 52.0 Å². The lowest BCUT2D eigenvalue weighted by atomic mass is 9.84. The van der Waals surface area contributed by atoms with E-state index in [0.29, 0.717) is 11.8 Å². The predicted molar refractivity (Wildman–Crippen MR) is 82.2 cm³/mol. The molecule has 2 aromatic rings. The van der Waals surface area contributed by atoms with E-state index in [0.717, 1.165) is 33.1 Å². The number of nitrogens with two attached hydrogens (primary N) is 1. The molecule has 2 bridgehead atoms. The Bertz CT molecular complexity index is 634. The number of fused-ring (bicyclic) bond motifs is 2. The molecule has 0 radical (unpaired) electrons. The van der Waals surface area contributed by atoms with Crippen LogP contribution in [0.1, 0.15) is 37.3 Å². The third-order valence-corrected chi connectivity index (χ3v) is 5.50. The molecule has 1 heterocycles. The monoisotopic (exact) mass is 332 g/mol. The molecule has 2 aliphatic carbocycles. The molecule has 104 valence electrons. The molecule has 0 spiro atoms. The van der Waals surface area contributed by atoms with Gasteiger partial charge in [0, 0.05) is 10.4 Å². The Labute approximate surface area is 126 Å². The zero-order valence-electron chi connectivity index (χ0n) is 11.2. The van der Waals surface area contributed by atoms with Gasteiger partial charge in [-0.3, -0.25) is 0 Å². The van der Waals surface area contributed by atoms with Gasteiger partial charge in [0.1, 0.15) is 0 Å². The van der Waals surface area contributed by atoms with Crippen LogP contribution in [-0.4, -0.2) is 5.16 Å². The third-order valence-electron chi connectivity index (χ3n) is 4.97. The summed E-state index contributed by atoms with van der Waals surface area (Å²) in [5.41, 5.74) is 9.23. The molecule has 0 aliphatic heterocycles. The molecule has 2 N–H and O–H groups in total. The first-order valence-electron chi connectivity index (χ1n) is 7.23. The van der Waals surface area contributed by atoms with Crippen molar-refractivity contribution in [3.63, 3.8) is 0 Å². The first kappa shape index (κ1) is 12.5. The number of anilines is 1. The molecule has 1 aromatic heterocycles. The summed E-state index contributed by atoms with van der Waals surface area (Å²) in [6.45, 7) is 0. The van der Waals surface area contributed by atoms with Crippen molar-refractivity contribution in [2.75, 3.05) is 5.73 Å². The first-order chi connectivity index (χ1) is 9.72. The minimum Gasteiger partial charge on any atom is -0.367 e. The molecule has 2 saturated carbocycles. The summed E-state index contributed by atoms with van der Waals surface area (Å²) in [4.78, 5) is 0. The molecule has 2 aliphatic rings. The highest BCUT2D eigenvalue weighted by Crippen LogP contribution is 2.54. The van der Waals surface area contributed by atoms with Crippen LogP contribution in [0.2, 0.25) is 0 Å². The van der Waals surface area contributed by atoms with E-state index in [2.05, 4.69) is 33.2 Å². The first-order valence-corrected chi connectivity index (χ1v) is 8.02. The molecular weight excluding hydrogens is 316 g/mol. The Hall–Kier alpha value is -1.29. The minimum atomic E-state index is 0.449. The second-order valence-corrected chi connectivity index (χ2v) is 7.01. The van der Waals surface area contributed by atoms with Crippen molar-refractivity contribution in [3.8, 4) is 11.1 Å². The summed E-state index contributed by atoms with van der Waals surface area (Å²) in [6.07, 6.45) is 5.33. The number of rotatable bonds is 2. The van der Waals surface area contributed by atoms with Gasteiger partial charge in [0.15, 0.2) is 0 Å². The van der Waals surface area contributed by atoms with Gasteiger partial charge < -0.3 is 10.3 Å². The summed E-state index contributed by atoms with van der Waals surface area (Å²) in [7, 11) is 0. The Kier molecular flexibility index (Phi) is 2.88. The lowest BCUT2D eigenvalue weighted by molar-refractivity contribution is 0.375. The van der Waals surface area contributed by atoms with Gasteiger partial charge in [-0.1, -0.05) is 39.6 Å². The van der Waals surface area contributed by atoms with Crippen molar-refractivity contribution in [1.82, 2.24) is 5.16 Å². The number of halogens is 1. The average Bonchev–Trinajstić information content (AvgIpc) is 3.14.